The van der Waals surface area contributed by atoms with Crippen LogP contribution < -0.4 is 10.1 Å². The van der Waals surface area contributed by atoms with Crippen LogP contribution in [0.5, 0.6) is 5.75 Å². The normalized spacial score (nSPS) is 11.7. The Morgan fingerprint density at radius 3 is 2.39 bits per heavy atom. The van der Waals surface area contributed by atoms with Gasteiger partial charge in [0.2, 0.25) is 11.8 Å². The second-order valence-electron chi connectivity index (χ2n) is 5.31. The molecule has 0 unspecified atom stereocenters. The van der Waals surface area contributed by atoms with Crippen LogP contribution in [0.15, 0.2) is 24.3 Å². The number of carbonyl (C=O) groups is 2. The Hall–Kier alpha value is -2.08. The molecule has 0 aromatic heterocycles. The van der Waals surface area contributed by atoms with Crippen LogP contribution in [0.25, 0.3) is 0 Å². The van der Waals surface area contributed by atoms with Crippen molar-refractivity contribution >= 4 is 11.8 Å². The van der Waals surface area contributed by atoms with Gasteiger partial charge in [0.05, 0.1) is 7.11 Å². The highest BCUT2D eigenvalue weighted by molar-refractivity contribution is 5.86. The Kier molecular flexibility index (Phi) is 8.11. The van der Waals surface area contributed by atoms with Gasteiger partial charge in [-0.25, -0.2) is 0 Å². The van der Waals surface area contributed by atoms with E-state index in [-0.39, 0.29) is 11.8 Å². The number of nitrogens with zero attached hydrogens (tertiary/aromatic N) is 1. The number of hydrogen-bond donors (Lipinski definition) is 1. The van der Waals surface area contributed by atoms with Gasteiger partial charge in [-0.15, -0.1) is 0 Å². The van der Waals surface area contributed by atoms with Crippen LogP contribution in [-0.2, 0) is 20.9 Å². The third-order valence-corrected chi connectivity index (χ3v) is 3.59. The molecule has 0 spiro atoms. The maximum Gasteiger partial charge on any atom is 0.242 e. The van der Waals surface area contributed by atoms with E-state index in [0.29, 0.717) is 19.7 Å². The largest absolute Gasteiger partial charge is 0.497 e. The first-order valence-corrected chi connectivity index (χ1v) is 7.66. The van der Waals surface area contributed by atoms with Crippen molar-refractivity contribution in [3.05, 3.63) is 29.8 Å². The van der Waals surface area contributed by atoms with E-state index < -0.39 is 6.04 Å². The van der Waals surface area contributed by atoms with Crippen LogP contribution in [0.3, 0.4) is 0 Å². The molecule has 0 bridgehead atoms. The van der Waals surface area contributed by atoms with Gasteiger partial charge in [0, 0.05) is 33.7 Å². The zero-order valence-corrected chi connectivity index (χ0v) is 14.3. The molecule has 1 aromatic carbocycles. The van der Waals surface area contributed by atoms with Gasteiger partial charge in [0.1, 0.15) is 11.8 Å². The lowest BCUT2D eigenvalue weighted by Gasteiger charge is -2.27. The molecule has 6 heteroatoms. The number of carbonyl (C=O) groups excluding carboxylic acids is 2. The fourth-order valence-corrected chi connectivity index (χ4v) is 2.17. The lowest BCUT2D eigenvalue weighted by molar-refractivity contribution is -0.139. The molecule has 0 saturated carbocycles. The number of methoxy groups -OCH3 is 2. The molecule has 23 heavy (non-hydrogen) atoms. The van der Waals surface area contributed by atoms with Crippen molar-refractivity contribution in [3.63, 3.8) is 0 Å². The van der Waals surface area contributed by atoms with Gasteiger partial charge in [-0.3, -0.25) is 9.59 Å². The highest BCUT2D eigenvalue weighted by atomic mass is 16.5. The monoisotopic (exact) mass is 322 g/mol. The number of benzene rings is 1. The summed E-state index contributed by atoms with van der Waals surface area (Å²) in [6, 6.07) is 6.92. The van der Waals surface area contributed by atoms with E-state index in [2.05, 4.69) is 5.32 Å². The molecule has 1 aromatic rings. The van der Waals surface area contributed by atoms with E-state index in [9.17, 15) is 9.59 Å². The van der Waals surface area contributed by atoms with Gasteiger partial charge in [0.15, 0.2) is 0 Å². The van der Waals surface area contributed by atoms with Gasteiger partial charge in [-0.1, -0.05) is 12.1 Å². The third kappa shape index (κ3) is 6.28. The predicted molar refractivity (Wildman–Crippen MR) is 88.2 cm³/mol. The van der Waals surface area contributed by atoms with E-state index in [1.54, 1.807) is 26.0 Å². The summed E-state index contributed by atoms with van der Waals surface area (Å²) >= 11 is 0. The number of amides is 2. The van der Waals surface area contributed by atoms with Crippen LogP contribution in [0.1, 0.15) is 25.8 Å². The summed E-state index contributed by atoms with van der Waals surface area (Å²) in [6.07, 6.45) is 0.744. The second-order valence-corrected chi connectivity index (χ2v) is 5.31. The van der Waals surface area contributed by atoms with E-state index in [4.69, 9.17) is 9.47 Å². The van der Waals surface area contributed by atoms with Gasteiger partial charge in [0.25, 0.3) is 0 Å². The molecule has 0 radical (unpaired) electrons. The van der Waals surface area contributed by atoms with Crippen LogP contribution in [0, 0.1) is 0 Å². The first-order valence-electron chi connectivity index (χ1n) is 7.66. The zero-order chi connectivity index (χ0) is 17.2. The van der Waals surface area contributed by atoms with Crippen molar-refractivity contribution in [3.8, 4) is 5.75 Å². The zero-order valence-electron chi connectivity index (χ0n) is 14.3. The van der Waals surface area contributed by atoms with Crippen LogP contribution in [0.4, 0.5) is 0 Å². The summed E-state index contributed by atoms with van der Waals surface area (Å²) in [5.74, 6) is 0.456. The molecular weight excluding hydrogens is 296 g/mol. The molecule has 1 rings (SSSR count). The molecule has 1 atom stereocenters. The molecule has 2 amide bonds. The summed E-state index contributed by atoms with van der Waals surface area (Å²) < 4.78 is 10.1. The Morgan fingerprint density at radius 2 is 1.87 bits per heavy atom. The lowest BCUT2D eigenvalue weighted by Crippen LogP contribution is -2.47. The predicted octanol–water partition coefficient (Wildman–Crippen LogP) is 1.58. The summed E-state index contributed by atoms with van der Waals surface area (Å²) in [5, 5.41) is 2.82. The minimum absolute atomic E-state index is 0.139. The number of hydrogen-bond acceptors (Lipinski definition) is 4. The average molecular weight is 322 g/mol. The smallest absolute Gasteiger partial charge is 0.242 e. The van der Waals surface area contributed by atoms with Crippen molar-refractivity contribution in [2.75, 3.05) is 27.4 Å². The summed E-state index contributed by atoms with van der Waals surface area (Å²) in [5.41, 5.74) is 0.944. The fraction of sp³-hybridized carbons (Fsp3) is 0.529. The summed E-state index contributed by atoms with van der Waals surface area (Å²) in [4.78, 5) is 25.6. The third-order valence-electron chi connectivity index (χ3n) is 3.59. The maximum absolute atomic E-state index is 12.2. The standard InChI is InChI=1S/C17H26N2O4/c1-13(17(21)18-10-5-11-22-3)19(14(2)20)12-15-6-8-16(23-4)9-7-15/h6-9,13H,5,10-12H2,1-4H3,(H,18,21)/t13-/m1/s1. The molecule has 0 saturated heterocycles. The van der Waals surface area contributed by atoms with Crippen LogP contribution in [0.2, 0.25) is 0 Å². The van der Waals surface area contributed by atoms with Crippen molar-refractivity contribution in [1.82, 2.24) is 10.2 Å². The van der Waals surface area contributed by atoms with Crippen molar-refractivity contribution < 1.29 is 19.1 Å². The van der Waals surface area contributed by atoms with E-state index in [0.717, 1.165) is 17.7 Å². The van der Waals surface area contributed by atoms with Gasteiger partial charge >= 0.3 is 0 Å². The van der Waals surface area contributed by atoms with Gasteiger partial charge < -0.3 is 19.7 Å². The Labute approximate surface area is 137 Å². The highest BCUT2D eigenvalue weighted by Crippen LogP contribution is 2.14. The van der Waals surface area contributed by atoms with Crippen molar-refractivity contribution in [2.24, 2.45) is 0 Å². The van der Waals surface area contributed by atoms with Crippen molar-refractivity contribution in [1.29, 1.82) is 0 Å². The Bertz CT molecular complexity index is 502. The molecule has 0 heterocycles. The molecule has 6 nitrogen and oxygen atoms in total. The topological polar surface area (TPSA) is 67.9 Å². The van der Waals surface area contributed by atoms with E-state index in [1.807, 2.05) is 24.3 Å². The molecular formula is C17H26N2O4. The first kappa shape index (κ1) is 19.0. The summed E-state index contributed by atoms with van der Waals surface area (Å²) in [6.45, 7) is 4.71. The summed E-state index contributed by atoms with van der Waals surface area (Å²) in [7, 11) is 3.23. The van der Waals surface area contributed by atoms with Gasteiger partial charge in [-0.2, -0.15) is 0 Å². The van der Waals surface area contributed by atoms with Gasteiger partial charge in [-0.05, 0) is 31.0 Å². The minimum atomic E-state index is -0.530. The number of ether oxygens (including phenoxy) is 2. The van der Waals surface area contributed by atoms with Crippen LogP contribution >= 0.6 is 0 Å². The second kappa shape index (κ2) is 9.84. The lowest BCUT2D eigenvalue weighted by atomic mass is 10.1. The molecule has 0 fully saturated rings. The maximum atomic E-state index is 12.2. The molecule has 0 aliphatic heterocycles. The highest BCUT2D eigenvalue weighted by Gasteiger charge is 2.23. The van der Waals surface area contributed by atoms with Crippen molar-refractivity contribution in [2.45, 2.75) is 32.9 Å². The number of nitrogens with one attached hydrogen (secondary N) is 1. The van der Waals surface area contributed by atoms with E-state index >= 15 is 0 Å². The molecule has 0 aliphatic carbocycles. The molecule has 0 aliphatic rings. The fourth-order valence-electron chi connectivity index (χ4n) is 2.17. The SMILES string of the molecule is COCCCNC(=O)[C@@H](C)N(Cc1ccc(OC)cc1)C(C)=O. The van der Waals surface area contributed by atoms with E-state index in [1.165, 1.54) is 6.92 Å². The Balaban J connectivity index is 2.65. The minimum Gasteiger partial charge on any atom is -0.497 e. The number of rotatable bonds is 9. The molecule has 128 valence electrons. The molecule has 1 N–H and O–H groups in total. The first-order chi connectivity index (χ1) is 11.0. The Morgan fingerprint density at radius 1 is 1.22 bits per heavy atom. The van der Waals surface area contributed by atoms with Crippen LogP contribution in [-0.4, -0.2) is 50.1 Å². The quantitative estimate of drug-likeness (QED) is 0.701. The average Bonchev–Trinajstić information content (AvgIpc) is 2.56.